The molecular weight excluding hydrogens is 393 g/mol. The van der Waals surface area contributed by atoms with Gasteiger partial charge in [0, 0.05) is 26.2 Å². The summed E-state index contributed by atoms with van der Waals surface area (Å²) in [6.07, 6.45) is 7.02. The molecule has 0 saturated carbocycles. The van der Waals surface area contributed by atoms with E-state index in [1.807, 2.05) is 19.9 Å². The monoisotopic (exact) mass is 423 g/mol. The van der Waals surface area contributed by atoms with E-state index in [-0.39, 0.29) is 35.9 Å². The lowest BCUT2D eigenvalue weighted by molar-refractivity contribution is -0.149. The zero-order chi connectivity index (χ0) is 15.5. The standard InChI is InChI=1S/C16H29N3O2.HI/c1-4-7-8-11-18-16(17-5-2)19-12-9-10-14(13-19)15(20)21-6-3;/h4,7,14H,5-6,8-13H2,1-3H3,(H,17,18);1H/b7-4+;. The number of esters is 1. The molecule has 0 aromatic rings. The highest BCUT2D eigenvalue weighted by atomic mass is 127. The molecule has 1 rings (SSSR count). The van der Waals surface area contributed by atoms with Crippen LogP contribution in [0.15, 0.2) is 17.1 Å². The van der Waals surface area contributed by atoms with Gasteiger partial charge in [-0.05, 0) is 40.0 Å². The number of nitrogens with zero attached hydrogens (tertiary/aromatic N) is 2. The maximum Gasteiger partial charge on any atom is 0.310 e. The molecule has 0 aromatic heterocycles. The molecular formula is C16H30IN3O2. The number of ether oxygens (including phenoxy) is 1. The highest BCUT2D eigenvalue weighted by Gasteiger charge is 2.28. The van der Waals surface area contributed by atoms with Gasteiger partial charge in [0.25, 0.3) is 0 Å². The molecule has 1 aliphatic rings. The summed E-state index contributed by atoms with van der Waals surface area (Å²) >= 11 is 0. The third-order valence-corrected chi connectivity index (χ3v) is 3.47. The van der Waals surface area contributed by atoms with Crippen molar-refractivity contribution in [3.05, 3.63) is 12.2 Å². The van der Waals surface area contributed by atoms with Gasteiger partial charge in [-0.1, -0.05) is 12.2 Å². The Bertz CT molecular complexity index is 372. The van der Waals surface area contributed by atoms with Crippen LogP contribution < -0.4 is 5.32 Å². The van der Waals surface area contributed by atoms with Crippen molar-refractivity contribution in [2.45, 2.75) is 40.0 Å². The smallest absolute Gasteiger partial charge is 0.310 e. The Balaban J connectivity index is 0.00000441. The minimum absolute atomic E-state index is 0. The Morgan fingerprint density at radius 3 is 2.86 bits per heavy atom. The third kappa shape index (κ3) is 7.47. The summed E-state index contributed by atoms with van der Waals surface area (Å²) < 4.78 is 5.15. The third-order valence-electron chi connectivity index (χ3n) is 3.47. The van der Waals surface area contributed by atoms with Crippen molar-refractivity contribution in [1.29, 1.82) is 0 Å². The maximum absolute atomic E-state index is 11.9. The molecule has 1 saturated heterocycles. The van der Waals surface area contributed by atoms with Crippen molar-refractivity contribution in [1.82, 2.24) is 10.2 Å². The molecule has 22 heavy (non-hydrogen) atoms. The average molecular weight is 423 g/mol. The summed E-state index contributed by atoms with van der Waals surface area (Å²) in [7, 11) is 0. The second-order valence-corrected chi connectivity index (χ2v) is 5.13. The summed E-state index contributed by atoms with van der Waals surface area (Å²) in [5.41, 5.74) is 0. The molecule has 1 unspecified atom stereocenters. The topological polar surface area (TPSA) is 53.9 Å². The van der Waals surface area contributed by atoms with E-state index in [2.05, 4.69) is 28.2 Å². The second kappa shape index (κ2) is 12.7. The number of nitrogens with one attached hydrogen (secondary N) is 1. The van der Waals surface area contributed by atoms with Crippen molar-refractivity contribution in [3.63, 3.8) is 0 Å². The quantitative estimate of drug-likeness (QED) is 0.178. The first kappa shape index (κ1) is 21.2. The van der Waals surface area contributed by atoms with Gasteiger partial charge in [-0.3, -0.25) is 9.79 Å². The van der Waals surface area contributed by atoms with E-state index in [1.54, 1.807) is 0 Å². The lowest BCUT2D eigenvalue weighted by atomic mass is 9.98. The molecule has 1 atom stereocenters. The lowest BCUT2D eigenvalue weighted by Crippen LogP contribution is -2.48. The molecule has 1 N–H and O–H groups in total. The van der Waals surface area contributed by atoms with E-state index in [1.165, 1.54) is 0 Å². The van der Waals surface area contributed by atoms with E-state index in [4.69, 9.17) is 4.74 Å². The van der Waals surface area contributed by atoms with Crippen LogP contribution in [-0.4, -0.2) is 49.6 Å². The van der Waals surface area contributed by atoms with E-state index in [0.29, 0.717) is 13.2 Å². The molecule has 0 radical (unpaired) electrons. The SMILES string of the molecule is C/C=C/CCN=C(NCC)N1CCCC(C(=O)OCC)C1.I. The Hall–Kier alpha value is -0.790. The minimum atomic E-state index is -0.0769. The van der Waals surface area contributed by atoms with Crippen LogP contribution in [0.25, 0.3) is 0 Å². The van der Waals surface area contributed by atoms with Gasteiger partial charge in [-0.25, -0.2) is 0 Å². The van der Waals surface area contributed by atoms with Gasteiger partial charge in [-0.2, -0.15) is 0 Å². The van der Waals surface area contributed by atoms with Gasteiger partial charge in [-0.15, -0.1) is 24.0 Å². The number of carbonyl (C=O) groups excluding carboxylic acids is 1. The molecule has 0 bridgehead atoms. The summed E-state index contributed by atoms with van der Waals surface area (Å²) in [6.45, 7) is 9.64. The molecule has 1 fully saturated rings. The number of allylic oxidation sites excluding steroid dienone is 1. The van der Waals surface area contributed by atoms with Crippen LogP contribution in [0.2, 0.25) is 0 Å². The molecule has 0 aliphatic carbocycles. The molecule has 128 valence electrons. The zero-order valence-corrected chi connectivity index (χ0v) is 16.3. The fourth-order valence-corrected chi connectivity index (χ4v) is 2.46. The number of piperidine rings is 1. The average Bonchev–Trinajstić information content (AvgIpc) is 2.51. The highest BCUT2D eigenvalue weighted by molar-refractivity contribution is 14.0. The number of rotatable bonds is 6. The van der Waals surface area contributed by atoms with Gasteiger partial charge in [0.1, 0.15) is 0 Å². The number of aliphatic imine (C=N–C) groups is 1. The molecule has 1 heterocycles. The van der Waals surface area contributed by atoms with Crippen molar-refractivity contribution in [2.75, 3.05) is 32.8 Å². The Labute approximate surface area is 151 Å². The molecule has 6 heteroatoms. The zero-order valence-electron chi connectivity index (χ0n) is 14.0. The van der Waals surface area contributed by atoms with Crippen LogP contribution >= 0.6 is 24.0 Å². The summed E-state index contributed by atoms with van der Waals surface area (Å²) in [5.74, 6) is 0.807. The van der Waals surface area contributed by atoms with Crippen molar-refractivity contribution < 1.29 is 9.53 Å². The predicted octanol–water partition coefficient (Wildman–Crippen LogP) is 2.81. The van der Waals surface area contributed by atoms with E-state index >= 15 is 0 Å². The minimum Gasteiger partial charge on any atom is -0.466 e. The number of guanidine groups is 1. The number of halogens is 1. The van der Waals surface area contributed by atoms with Crippen molar-refractivity contribution in [3.8, 4) is 0 Å². The van der Waals surface area contributed by atoms with Crippen molar-refractivity contribution >= 4 is 35.9 Å². The van der Waals surface area contributed by atoms with E-state index < -0.39 is 0 Å². The Morgan fingerprint density at radius 1 is 1.45 bits per heavy atom. The lowest BCUT2D eigenvalue weighted by Gasteiger charge is -2.34. The summed E-state index contributed by atoms with van der Waals surface area (Å²) in [6, 6.07) is 0. The molecule has 5 nitrogen and oxygen atoms in total. The molecule has 0 amide bonds. The van der Waals surface area contributed by atoms with Crippen LogP contribution in [0, 0.1) is 5.92 Å². The van der Waals surface area contributed by atoms with Crippen LogP contribution in [0.5, 0.6) is 0 Å². The Morgan fingerprint density at radius 2 is 2.23 bits per heavy atom. The van der Waals surface area contributed by atoms with E-state index in [0.717, 1.165) is 44.9 Å². The number of hydrogen-bond donors (Lipinski definition) is 1. The van der Waals surface area contributed by atoms with Gasteiger partial charge < -0.3 is 15.0 Å². The van der Waals surface area contributed by atoms with Gasteiger partial charge in [0.2, 0.25) is 0 Å². The summed E-state index contributed by atoms with van der Waals surface area (Å²) in [5, 5.41) is 3.32. The number of likely N-dealkylation sites (tertiary alicyclic amines) is 1. The Kier molecular flexibility index (Phi) is 12.3. The first-order valence-corrected chi connectivity index (χ1v) is 8.03. The van der Waals surface area contributed by atoms with Crippen LogP contribution in [0.3, 0.4) is 0 Å². The van der Waals surface area contributed by atoms with Gasteiger partial charge >= 0.3 is 5.97 Å². The maximum atomic E-state index is 11.9. The summed E-state index contributed by atoms with van der Waals surface area (Å²) in [4.78, 5) is 18.7. The first-order chi connectivity index (χ1) is 10.2. The van der Waals surface area contributed by atoms with Crippen LogP contribution in [0.4, 0.5) is 0 Å². The number of hydrogen-bond acceptors (Lipinski definition) is 3. The molecule has 0 aromatic carbocycles. The highest BCUT2D eigenvalue weighted by Crippen LogP contribution is 2.18. The molecule has 1 aliphatic heterocycles. The van der Waals surface area contributed by atoms with Crippen molar-refractivity contribution in [2.24, 2.45) is 10.9 Å². The predicted molar refractivity (Wildman–Crippen MR) is 102 cm³/mol. The normalized spacial score (nSPS) is 19.0. The molecule has 0 spiro atoms. The van der Waals surface area contributed by atoms with E-state index in [9.17, 15) is 4.79 Å². The fourth-order valence-electron chi connectivity index (χ4n) is 2.46. The first-order valence-electron chi connectivity index (χ1n) is 8.03. The largest absolute Gasteiger partial charge is 0.466 e. The van der Waals surface area contributed by atoms with Crippen LogP contribution in [-0.2, 0) is 9.53 Å². The number of carbonyl (C=O) groups is 1. The fraction of sp³-hybridized carbons (Fsp3) is 0.750. The van der Waals surface area contributed by atoms with Gasteiger partial charge in [0.15, 0.2) is 5.96 Å². The second-order valence-electron chi connectivity index (χ2n) is 5.13. The van der Waals surface area contributed by atoms with Gasteiger partial charge in [0.05, 0.1) is 12.5 Å². The van der Waals surface area contributed by atoms with Crippen LogP contribution in [0.1, 0.15) is 40.0 Å².